The van der Waals surface area contributed by atoms with Gasteiger partial charge in [-0.05, 0) is 48.5 Å². The third-order valence-corrected chi connectivity index (χ3v) is 8.98. The Labute approximate surface area is 201 Å². The van der Waals surface area contributed by atoms with Crippen LogP contribution in [0.4, 0.5) is 11.4 Å². The lowest BCUT2D eigenvalue weighted by Gasteiger charge is -2.34. The molecule has 1 aliphatic heterocycles. The summed E-state index contributed by atoms with van der Waals surface area (Å²) in [6.45, 7) is 3.02. The highest BCUT2D eigenvalue weighted by Crippen LogP contribution is 2.31. The van der Waals surface area contributed by atoms with E-state index >= 15 is 0 Å². The van der Waals surface area contributed by atoms with Crippen LogP contribution in [0, 0.1) is 0 Å². The molecule has 1 aliphatic rings. The Hall–Kier alpha value is -3.04. The Bertz CT molecular complexity index is 1320. The maximum atomic E-state index is 13.0. The summed E-state index contributed by atoms with van der Waals surface area (Å²) >= 11 is 0. The Morgan fingerprint density at radius 1 is 0.824 bits per heavy atom. The first-order valence-corrected chi connectivity index (χ1v) is 14.3. The van der Waals surface area contributed by atoms with Crippen LogP contribution < -0.4 is 14.4 Å². The van der Waals surface area contributed by atoms with Crippen molar-refractivity contribution >= 4 is 31.2 Å². The second kappa shape index (κ2) is 10.1. The van der Waals surface area contributed by atoms with E-state index in [0.717, 1.165) is 37.4 Å². The SMILES string of the molecule is CCS(=O)(=O)c1ccc(S(=O)(=O)Nc2ccccc2N2CCC(Oc3ccccc3)CC2)cc1. The first-order valence-electron chi connectivity index (χ1n) is 11.2. The fourth-order valence-corrected chi connectivity index (χ4v) is 5.90. The van der Waals surface area contributed by atoms with Crippen molar-refractivity contribution in [3.63, 3.8) is 0 Å². The summed E-state index contributed by atoms with van der Waals surface area (Å²) in [6.07, 6.45) is 1.76. The fourth-order valence-electron chi connectivity index (χ4n) is 3.94. The molecule has 1 fully saturated rings. The molecule has 1 heterocycles. The third-order valence-electron chi connectivity index (χ3n) is 5.85. The highest BCUT2D eigenvalue weighted by molar-refractivity contribution is 7.92. The van der Waals surface area contributed by atoms with Crippen LogP contribution in [0.25, 0.3) is 0 Å². The van der Waals surface area contributed by atoms with Gasteiger partial charge in [0.05, 0.1) is 26.9 Å². The van der Waals surface area contributed by atoms with Gasteiger partial charge in [0.1, 0.15) is 11.9 Å². The van der Waals surface area contributed by atoms with Gasteiger partial charge in [-0.25, -0.2) is 16.8 Å². The molecule has 9 heteroatoms. The molecule has 0 aliphatic carbocycles. The van der Waals surface area contributed by atoms with E-state index in [1.54, 1.807) is 19.1 Å². The van der Waals surface area contributed by atoms with Gasteiger partial charge in [-0.15, -0.1) is 0 Å². The minimum absolute atomic E-state index is 0.00678. The maximum Gasteiger partial charge on any atom is 0.261 e. The lowest BCUT2D eigenvalue weighted by molar-refractivity contribution is 0.171. The number of anilines is 2. The monoisotopic (exact) mass is 500 g/mol. The van der Waals surface area contributed by atoms with E-state index in [2.05, 4.69) is 9.62 Å². The Morgan fingerprint density at radius 2 is 1.41 bits per heavy atom. The van der Waals surface area contributed by atoms with Gasteiger partial charge in [0.15, 0.2) is 9.84 Å². The lowest BCUT2D eigenvalue weighted by Crippen LogP contribution is -2.38. The maximum absolute atomic E-state index is 13.0. The first-order chi connectivity index (χ1) is 16.3. The number of rotatable bonds is 8. The molecule has 3 aromatic rings. The number of piperidine rings is 1. The zero-order valence-corrected chi connectivity index (χ0v) is 20.6. The first kappa shape index (κ1) is 24.1. The molecule has 1 N–H and O–H groups in total. The van der Waals surface area contributed by atoms with Crippen molar-refractivity contribution in [1.82, 2.24) is 0 Å². The smallest absolute Gasteiger partial charge is 0.261 e. The molecule has 0 spiro atoms. The van der Waals surface area contributed by atoms with Gasteiger partial charge >= 0.3 is 0 Å². The van der Waals surface area contributed by atoms with Crippen molar-refractivity contribution < 1.29 is 21.6 Å². The van der Waals surface area contributed by atoms with E-state index < -0.39 is 19.9 Å². The van der Waals surface area contributed by atoms with Gasteiger partial charge in [-0.3, -0.25) is 4.72 Å². The summed E-state index contributed by atoms with van der Waals surface area (Å²) in [7, 11) is -7.29. The molecule has 0 aromatic heterocycles. The predicted molar refractivity (Wildman–Crippen MR) is 134 cm³/mol. The number of ether oxygens (including phenoxy) is 1. The number of nitrogens with one attached hydrogen (secondary N) is 1. The van der Waals surface area contributed by atoms with Gasteiger partial charge in [0.25, 0.3) is 10.0 Å². The number of nitrogens with zero attached hydrogens (tertiary/aromatic N) is 1. The molecule has 180 valence electrons. The minimum atomic E-state index is -3.89. The molecule has 7 nitrogen and oxygen atoms in total. The Kier molecular flexibility index (Phi) is 7.13. The Morgan fingerprint density at radius 3 is 2.06 bits per heavy atom. The molecular weight excluding hydrogens is 472 g/mol. The minimum Gasteiger partial charge on any atom is -0.490 e. The van der Waals surface area contributed by atoms with E-state index in [1.165, 1.54) is 24.3 Å². The Balaban J connectivity index is 1.46. The lowest BCUT2D eigenvalue weighted by atomic mass is 10.1. The number of sulfone groups is 1. The van der Waals surface area contributed by atoms with Gasteiger partial charge in [-0.1, -0.05) is 37.3 Å². The van der Waals surface area contributed by atoms with Crippen LogP contribution in [-0.2, 0) is 19.9 Å². The number of hydrogen-bond donors (Lipinski definition) is 1. The summed E-state index contributed by atoms with van der Waals surface area (Å²) in [5.41, 5.74) is 1.28. The van der Waals surface area contributed by atoms with E-state index in [9.17, 15) is 16.8 Å². The third kappa shape index (κ3) is 5.53. The molecule has 0 amide bonds. The molecule has 4 rings (SSSR count). The molecule has 1 saturated heterocycles. The molecule has 3 aromatic carbocycles. The highest BCUT2D eigenvalue weighted by Gasteiger charge is 2.24. The zero-order valence-electron chi connectivity index (χ0n) is 18.9. The summed E-state index contributed by atoms with van der Waals surface area (Å²) < 4.78 is 58.8. The molecule has 0 saturated carbocycles. The average Bonchev–Trinajstić information content (AvgIpc) is 2.85. The van der Waals surface area contributed by atoms with Crippen LogP contribution in [0.3, 0.4) is 0 Å². The number of benzene rings is 3. The second-order valence-electron chi connectivity index (χ2n) is 8.11. The number of hydrogen-bond acceptors (Lipinski definition) is 6. The van der Waals surface area contributed by atoms with Crippen LogP contribution in [0.1, 0.15) is 19.8 Å². The standard InChI is InChI=1S/C25H28N2O5S2/c1-2-33(28,29)22-12-14-23(15-13-22)34(30,31)26-24-10-6-7-11-25(24)27-18-16-21(17-19-27)32-20-8-4-3-5-9-20/h3-15,21,26H,2,16-19H2,1H3. The van der Waals surface area contributed by atoms with Gasteiger partial charge in [-0.2, -0.15) is 0 Å². The van der Waals surface area contributed by atoms with Crippen molar-refractivity contribution in [2.75, 3.05) is 28.5 Å². The van der Waals surface area contributed by atoms with Crippen LogP contribution in [0.15, 0.2) is 88.7 Å². The van der Waals surface area contributed by atoms with Crippen LogP contribution in [0.5, 0.6) is 5.75 Å². The zero-order chi connectivity index (χ0) is 24.2. The molecular formula is C25H28N2O5S2. The topological polar surface area (TPSA) is 92.8 Å². The molecule has 0 radical (unpaired) electrons. The van der Waals surface area contributed by atoms with Crippen LogP contribution in [0.2, 0.25) is 0 Å². The van der Waals surface area contributed by atoms with Gasteiger partial charge in [0, 0.05) is 25.9 Å². The van der Waals surface area contributed by atoms with E-state index in [0.29, 0.717) is 5.69 Å². The largest absolute Gasteiger partial charge is 0.490 e. The average molecular weight is 501 g/mol. The van der Waals surface area contributed by atoms with Crippen molar-refractivity contribution in [1.29, 1.82) is 0 Å². The normalized spacial score (nSPS) is 15.1. The van der Waals surface area contributed by atoms with E-state index in [4.69, 9.17) is 4.74 Å². The number of para-hydroxylation sites is 3. The quantitative estimate of drug-likeness (QED) is 0.495. The van der Waals surface area contributed by atoms with E-state index in [-0.39, 0.29) is 21.6 Å². The molecule has 34 heavy (non-hydrogen) atoms. The van der Waals surface area contributed by atoms with Crippen LogP contribution >= 0.6 is 0 Å². The molecule has 0 atom stereocenters. The predicted octanol–water partition coefficient (Wildman–Crippen LogP) is 4.33. The van der Waals surface area contributed by atoms with Crippen LogP contribution in [-0.4, -0.2) is 41.8 Å². The molecule has 0 bridgehead atoms. The van der Waals surface area contributed by atoms with Crippen molar-refractivity contribution in [3.05, 3.63) is 78.9 Å². The van der Waals surface area contributed by atoms with Gasteiger partial charge < -0.3 is 9.64 Å². The number of sulfonamides is 1. The second-order valence-corrected chi connectivity index (χ2v) is 12.1. The summed E-state index contributed by atoms with van der Waals surface area (Å²) in [5, 5.41) is 0. The van der Waals surface area contributed by atoms with Crippen molar-refractivity contribution in [3.8, 4) is 5.75 Å². The van der Waals surface area contributed by atoms with Gasteiger partial charge in [0.2, 0.25) is 0 Å². The summed E-state index contributed by atoms with van der Waals surface area (Å²) in [4.78, 5) is 2.27. The summed E-state index contributed by atoms with van der Waals surface area (Å²) in [6, 6.07) is 22.3. The summed E-state index contributed by atoms with van der Waals surface area (Å²) in [5.74, 6) is 0.810. The molecule has 0 unspecified atom stereocenters. The van der Waals surface area contributed by atoms with Crippen molar-refractivity contribution in [2.24, 2.45) is 0 Å². The fraction of sp³-hybridized carbons (Fsp3) is 0.280. The van der Waals surface area contributed by atoms with E-state index in [1.807, 2.05) is 42.5 Å². The van der Waals surface area contributed by atoms with Crippen molar-refractivity contribution in [2.45, 2.75) is 35.7 Å². The highest BCUT2D eigenvalue weighted by atomic mass is 32.2.